The van der Waals surface area contributed by atoms with E-state index in [1.807, 2.05) is 59.1 Å². The van der Waals surface area contributed by atoms with Gasteiger partial charge in [-0.3, -0.25) is 9.78 Å². The average molecular weight is 387 g/mol. The summed E-state index contributed by atoms with van der Waals surface area (Å²) in [6.07, 6.45) is 7.45. The van der Waals surface area contributed by atoms with Crippen LogP contribution in [-0.2, 0) is 0 Å². The van der Waals surface area contributed by atoms with Crippen molar-refractivity contribution in [2.24, 2.45) is 0 Å². The Morgan fingerprint density at radius 1 is 1.17 bits per heavy atom. The quantitative estimate of drug-likeness (QED) is 0.536. The van der Waals surface area contributed by atoms with Gasteiger partial charge in [-0.1, -0.05) is 6.07 Å². The Morgan fingerprint density at radius 3 is 2.90 bits per heavy atom. The van der Waals surface area contributed by atoms with Gasteiger partial charge in [0.05, 0.1) is 0 Å². The van der Waals surface area contributed by atoms with E-state index in [1.165, 1.54) is 0 Å². The largest absolute Gasteiger partial charge is 0.456 e. The van der Waals surface area contributed by atoms with Gasteiger partial charge in [-0.2, -0.15) is 5.10 Å². The molecule has 1 amide bonds. The fourth-order valence-corrected chi connectivity index (χ4v) is 3.86. The van der Waals surface area contributed by atoms with E-state index in [9.17, 15) is 4.79 Å². The lowest BCUT2D eigenvalue weighted by molar-refractivity contribution is 0.0671. The number of carbonyl (C=O) groups is 1. The third-order valence-corrected chi connectivity index (χ3v) is 5.37. The highest BCUT2D eigenvalue weighted by Crippen LogP contribution is 2.27. The van der Waals surface area contributed by atoms with Crippen molar-refractivity contribution in [1.82, 2.24) is 24.5 Å². The van der Waals surface area contributed by atoms with Crippen LogP contribution in [0.15, 0.2) is 59.4 Å². The number of aromatic nitrogens is 4. The zero-order valence-corrected chi connectivity index (χ0v) is 16.2. The lowest BCUT2D eigenvalue weighted by atomic mass is 9.97. The van der Waals surface area contributed by atoms with Crippen LogP contribution in [0.1, 0.15) is 40.9 Å². The van der Waals surface area contributed by atoms with Crippen LogP contribution < -0.4 is 0 Å². The summed E-state index contributed by atoms with van der Waals surface area (Å²) in [7, 11) is 0. The highest BCUT2D eigenvalue weighted by atomic mass is 16.3. The average Bonchev–Trinajstić information content (AvgIpc) is 3.39. The second-order valence-corrected chi connectivity index (χ2v) is 7.43. The summed E-state index contributed by atoms with van der Waals surface area (Å²) in [5.74, 6) is 1.97. The number of rotatable bonds is 3. The molecular weight excluding hydrogens is 366 g/mol. The number of hydrogen-bond acceptors (Lipinski definition) is 5. The second kappa shape index (κ2) is 7.16. The predicted molar refractivity (Wildman–Crippen MR) is 108 cm³/mol. The molecule has 5 rings (SSSR count). The first-order valence-corrected chi connectivity index (χ1v) is 9.80. The van der Waals surface area contributed by atoms with Crippen LogP contribution in [0.25, 0.3) is 16.8 Å². The summed E-state index contributed by atoms with van der Waals surface area (Å²) in [6, 6.07) is 11.5. The van der Waals surface area contributed by atoms with E-state index in [2.05, 4.69) is 4.98 Å². The van der Waals surface area contributed by atoms with E-state index in [4.69, 9.17) is 14.5 Å². The van der Waals surface area contributed by atoms with Crippen molar-refractivity contribution in [3.63, 3.8) is 0 Å². The molecular formula is C22H21N5O2. The van der Waals surface area contributed by atoms with Crippen LogP contribution in [0, 0.1) is 6.92 Å². The Kier molecular flexibility index (Phi) is 4.35. The molecule has 7 heteroatoms. The minimum absolute atomic E-state index is 0.0644. The van der Waals surface area contributed by atoms with Crippen molar-refractivity contribution in [2.45, 2.75) is 25.7 Å². The first kappa shape index (κ1) is 17.6. The van der Waals surface area contributed by atoms with Gasteiger partial charge in [-0.15, -0.1) is 0 Å². The molecule has 0 unspecified atom stereocenters. The molecule has 5 heterocycles. The second-order valence-electron chi connectivity index (χ2n) is 7.43. The molecule has 0 aliphatic carbocycles. The number of piperidine rings is 1. The normalized spacial score (nSPS) is 17.0. The molecule has 29 heavy (non-hydrogen) atoms. The molecule has 0 radical (unpaired) electrons. The SMILES string of the molecule is Cc1ccc(C(=O)N2CCC[C@@H](c3nc4ccc(-c5cccnc5)cn4n3)C2)o1. The number of aryl methyl sites for hydroxylation is 1. The van der Waals surface area contributed by atoms with Gasteiger partial charge in [-0.05, 0) is 50.1 Å². The molecule has 0 spiro atoms. The first-order chi connectivity index (χ1) is 14.2. The standard InChI is InChI=1S/C22H21N5O2/c1-15-6-8-19(29-15)22(28)26-11-3-5-18(13-26)21-24-20-9-7-17(14-27(20)25-21)16-4-2-10-23-12-16/h2,4,6-10,12,14,18H,3,5,11,13H2,1H3/t18-/m1/s1. The molecule has 0 N–H and O–H groups in total. The number of pyridine rings is 2. The fraction of sp³-hybridized carbons (Fsp3) is 0.273. The number of likely N-dealkylation sites (tertiary alicyclic amines) is 1. The monoisotopic (exact) mass is 387 g/mol. The minimum atomic E-state index is -0.0644. The maximum Gasteiger partial charge on any atom is 0.289 e. The maximum absolute atomic E-state index is 12.7. The molecule has 1 aliphatic rings. The molecule has 0 bridgehead atoms. The summed E-state index contributed by atoms with van der Waals surface area (Å²) < 4.78 is 7.32. The summed E-state index contributed by atoms with van der Waals surface area (Å²) in [5, 5.41) is 4.72. The highest BCUT2D eigenvalue weighted by molar-refractivity contribution is 5.91. The van der Waals surface area contributed by atoms with Crippen LogP contribution in [0.2, 0.25) is 0 Å². The van der Waals surface area contributed by atoms with Crippen LogP contribution in [0.5, 0.6) is 0 Å². The lowest BCUT2D eigenvalue weighted by Gasteiger charge is -2.30. The maximum atomic E-state index is 12.7. The zero-order chi connectivity index (χ0) is 19.8. The van der Waals surface area contributed by atoms with Gasteiger partial charge >= 0.3 is 0 Å². The molecule has 1 atom stereocenters. The zero-order valence-electron chi connectivity index (χ0n) is 16.2. The van der Waals surface area contributed by atoms with Crippen LogP contribution in [0.4, 0.5) is 0 Å². The van der Waals surface area contributed by atoms with E-state index >= 15 is 0 Å². The summed E-state index contributed by atoms with van der Waals surface area (Å²) in [4.78, 5) is 23.5. The van der Waals surface area contributed by atoms with E-state index in [0.717, 1.165) is 47.7 Å². The van der Waals surface area contributed by atoms with Gasteiger partial charge in [0.15, 0.2) is 17.2 Å². The van der Waals surface area contributed by atoms with E-state index in [-0.39, 0.29) is 11.8 Å². The smallest absolute Gasteiger partial charge is 0.289 e. The topological polar surface area (TPSA) is 76.5 Å². The Balaban J connectivity index is 1.39. The Hall–Kier alpha value is -3.48. The summed E-state index contributed by atoms with van der Waals surface area (Å²) >= 11 is 0. The summed E-state index contributed by atoms with van der Waals surface area (Å²) in [5.41, 5.74) is 2.88. The number of hydrogen-bond donors (Lipinski definition) is 0. The Bertz CT molecular complexity index is 1160. The number of nitrogens with zero attached hydrogens (tertiary/aromatic N) is 5. The third-order valence-electron chi connectivity index (χ3n) is 5.37. The van der Waals surface area contributed by atoms with Gasteiger partial charge in [0.25, 0.3) is 5.91 Å². The molecule has 0 aromatic carbocycles. The van der Waals surface area contributed by atoms with Crippen molar-refractivity contribution in [2.75, 3.05) is 13.1 Å². The predicted octanol–water partition coefficient (Wildman–Crippen LogP) is 3.71. The highest BCUT2D eigenvalue weighted by Gasteiger charge is 2.29. The molecule has 1 aliphatic heterocycles. The van der Waals surface area contributed by atoms with Crippen LogP contribution in [-0.4, -0.2) is 43.5 Å². The van der Waals surface area contributed by atoms with Gasteiger partial charge in [0.2, 0.25) is 0 Å². The van der Waals surface area contributed by atoms with E-state index in [1.54, 1.807) is 12.3 Å². The van der Waals surface area contributed by atoms with E-state index in [0.29, 0.717) is 12.3 Å². The molecule has 146 valence electrons. The molecule has 0 saturated carbocycles. The van der Waals surface area contributed by atoms with Gasteiger partial charge in [0.1, 0.15) is 5.76 Å². The number of furan rings is 1. The molecule has 4 aromatic heterocycles. The van der Waals surface area contributed by atoms with Crippen molar-refractivity contribution < 1.29 is 9.21 Å². The number of fused-ring (bicyclic) bond motifs is 1. The molecule has 4 aromatic rings. The van der Waals surface area contributed by atoms with Gasteiger partial charge in [0, 0.05) is 48.7 Å². The van der Waals surface area contributed by atoms with Crippen LogP contribution in [0.3, 0.4) is 0 Å². The minimum Gasteiger partial charge on any atom is -0.456 e. The Morgan fingerprint density at radius 2 is 2.10 bits per heavy atom. The van der Waals surface area contributed by atoms with Crippen molar-refractivity contribution in [3.8, 4) is 11.1 Å². The molecule has 1 saturated heterocycles. The van der Waals surface area contributed by atoms with Crippen LogP contribution >= 0.6 is 0 Å². The molecule has 7 nitrogen and oxygen atoms in total. The Labute approximate surface area is 168 Å². The number of amides is 1. The molecule has 1 fully saturated rings. The van der Waals surface area contributed by atoms with Gasteiger partial charge < -0.3 is 9.32 Å². The van der Waals surface area contributed by atoms with Crippen molar-refractivity contribution in [3.05, 3.63) is 72.3 Å². The lowest BCUT2D eigenvalue weighted by Crippen LogP contribution is -2.39. The number of carbonyl (C=O) groups excluding carboxylic acids is 1. The van der Waals surface area contributed by atoms with Crippen molar-refractivity contribution >= 4 is 11.6 Å². The summed E-state index contributed by atoms with van der Waals surface area (Å²) in [6.45, 7) is 3.18. The van der Waals surface area contributed by atoms with E-state index < -0.39 is 0 Å². The third kappa shape index (κ3) is 3.40. The fourth-order valence-electron chi connectivity index (χ4n) is 3.86. The van der Waals surface area contributed by atoms with Crippen molar-refractivity contribution in [1.29, 1.82) is 0 Å². The van der Waals surface area contributed by atoms with Gasteiger partial charge in [-0.25, -0.2) is 9.50 Å². The first-order valence-electron chi connectivity index (χ1n) is 9.80.